The number of alkyl halides is 3. The summed E-state index contributed by atoms with van der Waals surface area (Å²) >= 11 is 0. The topological polar surface area (TPSA) is 50.9 Å². The van der Waals surface area contributed by atoms with Gasteiger partial charge in [0.2, 0.25) is 0 Å². The Labute approximate surface area is 116 Å². The minimum atomic E-state index is -4.45. The predicted octanol–water partition coefficient (Wildman–Crippen LogP) is 3.92. The number of rotatable bonds is 2. The van der Waals surface area contributed by atoms with Crippen LogP contribution >= 0.6 is 0 Å². The van der Waals surface area contributed by atoms with Crippen LogP contribution < -0.4 is 11.1 Å². The van der Waals surface area contributed by atoms with Crippen molar-refractivity contribution in [3.8, 4) is 0 Å². The summed E-state index contributed by atoms with van der Waals surface area (Å²) in [4.78, 5) is 3.34. The number of nitrogens with one attached hydrogen (secondary N) is 1. The van der Waals surface area contributed by atoms with E-state index >= 15 is 0 Å². The summed E-state index contributed by atoms with van der Waals surface area (Å²) in [7, 11) is 0. The highest BCUT2D eigenvalue weighted by Gasteiger charge is 2.33. The normalized spacial score (nSPS) is 27.4. The molecular weight excluding hydrogens is 267 g/mol. The molecule has 0 aliphatic heterocycles. The molecule has 0 spiro atoms. The molecule has 0 amide bonds. The molecule has 1 aliphatic carbocycles. The molecule has 2 rings (SSSR count). The lowest BCUT2D eigenvalue weighted by Crippen LogP contribution is -2.30. The first-order chi connectivity index (χ1) is 9.27. The SMILES string of the molecule is CC1CCC(Nc2cc(C(F)(F)F)ncc2N)CC1C. The molecule has 1 fully saturated rings. The highest BCUT2D eigenvalue weighted by atomic mass is 19.4. The highest BCUT2D eigenvalue weighted by molar-refractivity contribution is 5.65. The Bertz CT molecular complexity index is 473. The maximum Gasteiger partial charge on any atom is 0.433 e. The molecule has 1 heterocycles. The van der Waals surface area contributed by atoms with Crippen LogP contribution in [-0.2, 0) is 6.18 Å². The molecule has 3 unspecified atom stereocenters. The van der Waals surface area contributed by atoms with Crippen molar-refractivity contribution in [2.24, 2.45) is 11.8 Å². The van der Waals surface area contributed by atoms with E-state index < -0.39 is 11.9 Å². The van der Waals surface area contributed by atoms with E-state index in [-0.39, 0.29) is 11.7 Å². The molecule has 3 atom stereocenters. The van der Waals surface area contributed by atoms with E-state index in [0.29, 0.717) is 17.5 Å². The Morgan fingerprint density at radius 2 is 1.95 bits per heavy atom. The van der Waals surface area contributed by atoms with Crippen LogP contribution in [0.15, 0.2) is 12.3 Å². The van der Waals surface area contributed by atoms with Crippen molar-refractivity contribution in [1.29, 1.82) is 0 Å². The quantitative estimate of drug-likeness (QED) is 0.866. The molecule has 0 bridgehead atoms. The number of halogens is 3. The monoisotopic (exact) mass is 287 g/mol. The van der Waals surface area contributed by atoms with E-state index in [1.165, 1.54) is 0 Å². The van der Waals surface area contributed by atoms with Gasteiger partial charge in [-0.3, -0.25) is 0 Å². The second kappa shape index (κ2) is 5.50. The molecule has 6 heteroatoms. The zero-order valence-electron chi connectivity index (χ0n) is 11.7. The first kappa shape index (κ1) is 14.9. The van der Waals surface area contributed by atoms with Gasteiger partial charge in [-0.2, -0.15) is 13.2 Å². The van der Waals surface area contributed by atoms with Gasteiger partial charge in [-0.1, -0.05) is 13.8 Å². The van der Waals surface area contributed by atoms with E-state index in [2.05, 4.69) is 24.1 Å². The third-order valence-electron chi connectivity index (χ3n) is 4.18. The van der Waals surface area contributed by atoms with Gasteiger partial charge in [-0.15, -0.1) is 0 Å². The lowest BCUT2D eigenvalue weighted by Gasteiger charge is -2.33. The molecule has 1 saturated carbocycles. The third-order valence-corrected chi connectivity index (χ3v) is 4.18. The Kier molecular flexibility index (Phi) is 4.11. The first-order valence-corrected chi connectivity index (χ1v) is 6.86. The fourth-order valence-electron chi connectivity index (χ4n) is 2.64. The molecule has 20 heavy (non-hydrogen) atoms. The zero-order chi connectivity index (χ0) is 14.9. The molecule has 0 saturated heterocycles. The maximum atomic E-state index is 12.7. The number of nitrogens with zero attached hydrogens (tertiary/aromatic N) is 1. The summed E-state index contributed by atoms with van der Waals surface area (Å²) in [6, 6.07) is 1.17. The van der Waals surface area contributed by atoms with Crippen molar-refractivity contribution in [3.63, 3.8) is 0 Å². The number of hydrogen-bond donors (Lipinski definition) is 2. The van der Waals surface area contributed by atoms with Crippen LogP contribution in [-0.4, -0.2) is 11.0 Å². The van der Waals surface area contributed by atoms with Gasteiger partial charge in [0.25, 0.3) is 0 Å². The third kappa shape index (κ3) is 3.35. The predicted molar refractivity (Wildman–Crippen MR) is 73.2 cm³/mol. The molecular formula is C14H20F3N3. The van der Waals surface area contributed by atoms with E-state index in [0.717, 1.165) is 31.5 Å². The average Bonchev–Trinajstić information content (AvgIpc) is 2.35. The molecule has 0 radical (unpaired) electrons. The Morgan fingerprint density at radius 3 is 2.55 bits per heavy atom. The smallest absolute Gasteiger partial charge is 0.396 e. The summed E-state index contributed by atoms with van der Waals surface area (Å²) in [6.07, 6.45) is -0.395. The molecule has 112 valence electrons. The van der Waals surface area contributed by atoms with Gasteiger partial charge in [0.1, 0.15) is 5.69 Å². The number of nitrogen functional groups attached to an aromatic ring is 1. The van der Waals surface area contributed by atoms with Gasteiger partial charge in [-0.05, 0) is 37.2 Å². The molecule has 3 N–H and O–H groups in total. The van der Waals surface area contributed by atoms with Gasteiger partial charge < -0.3 is 11.1 Å². The second-order valence-electron chi connectivity index (χ2n) is 5.76. The van der Waals surface area contributed by atoms with Gasteiger partial charge in [0, 0.05) is 6.04 Å². The van der Waals surface area contributed by atoms with Crippen LogP contribution in [0.25, 0.3) is 0 Å². The van der Waals surface area contributed by atoms with Gasteiger partial charge in [-0.25, -0.2) is 4.98 Å². The molecule has 1 aliphatic rings. The number of anilines is 2. The number of pyridine rings is 1. The van der Waals surface area contributed by atoms with Crippen LogP contribution in [0, 0.1) is 11.8 Å². The van der Waals surface area contributed by atoms with Gasteiger partial charge >= 0.3 is 6.18 Å². The molecule has 3 nitrogen and oxygen atoms in total. The first-order valence-electron chi connectivity index (χ1n) is 6.86. The van der Waals surface area contributed by atoms with Crippen molar-refractivity contribution >= 4 is 11.4 Å². The van der Waals surface area contributed by atoms with Crippen molar-refractivity contribution in [1.82, 2.24) is 4.98 Å². The minimum absolute atomic E-state index is 0.173. The van der Waals surface area contributed by atoms with E-state index in [1.54, 1.807) is 0 Å². The summed E-state index contributed by atoms with van der Waals surface area (Å²) in [5.74, 6) is 1.22. The number of nitrogens with two attached hydrogens (primary N) is 1. The molecule has 0 aromatic carbocycles. The van der Waals surface area contributed by atoms with E-state index in [4.69, 9.17) is 5.73 Å². The maximum absolute atomic E-state index is 12.7. The van der Waals surface area contributed by atoms with Crippen LogP contribution in [0.3, 0.4) is 0 Å². The summed E-state index contributed by atoms with van der Waals surface area (Å²) in [5.41, 5.74) is 5.40. The van der Waals surface area contributed by atoms with Crippen molar-refractivity contribution in [2.45, 2.75) is 45.3 Å². The zero-order valence-corrected chi connectivity index (χ0v) is 11.7. The number of hydrogen-bond acceptors (Lipinski definition) is 3. The lowest BCUT2D eigenvalue weighted by atomic mass is 9.79. The molecule has 1 aromatic rings. The second-order valence-corrected chi connectivity index (χ2v) is 5.76. The molecule has 1 aromatic heterocycles. The van der Waals surface area contributed by atoms with E-state index in [9.17, 15) is 13.2 Å². The van der Waals surface area contributed by atoms with Crippen molar-refractivity contribution in [3.05, 3.63) is 18.0 Å². The average molecular weight is 287 g/mol. The number of aromatic nitrogens is 1. The fraction of sp³-hybridized carbons (Fsp3) is 0.643. The van der Waals surface area contributed by atoms with Crippen LogP contribution in [0.2, 0.25) is 0 Å². The van der Waals surface area contributed by atoms with Crippen molar-refractivity contribution < 1.29 is 13.2 Å². The van der Waals surface area contributed by atoms with Gasteiger partial charge in [0.15, 0.2) is 0 Å². The van der Waals surface area contributed by atoms with Crippen LogP contribution in [0.5, 0.6) is 0 Å². The minimum Gasteiger partial charge on any atom is -0.396 e. The largest absolute Gasteiger partial charge is 0.433 e. The van der Waals surface area contributed by atoms with Crippen LogP contribution in [0.1, 0.15) is 38.8 Å². The Balaban J connectivity index is 2.13. The Morgan fingerprint density at radius 1 is 1.25 bits per heavy atom. The highest BCUT2D eigenvalue weighted by Crippen LogP contribution is 2.34. The van der Waals surface area contributed by atoms with Gasteiger partial charge in [0.05, 0.1) is 17.6 Å². The standard InChI is InChI=1S/C14H20F3N3/c1-8-3-4-10(5-9(8)2)20-12-6-13(14(15,16)17)19-7-11(12)18/h6-10H,3-5,18H2,1-2H3,(H,19,20). The summed E-state index contributed by atoms with van der Waals surface area (Å²) < 4.78 is 38.0. The van der Waals surface area contributed by atoms with E-state index in [1.807, 2.05) is 0 Å². The fourth-order valence-corrected chi connectivity index (χ4v) is 2.64. The Hall–Kier alpha value is -1.46. The lowest BCUT2D eigenvalue weighted by molar-refractivity contribution is -0.141. The summed E-state index contributed by atoms with van der Waals surface area (Å²) in [6.45, 7) is 4.39. The van der Waals surface area contributed by atoms with Crippen LogP contribution in [0.4, 0.5) is 24.5 Å². The van der Waals surface area contributed by atoms with Crippen molar-refractivity contribution in [2.75, 3.05) is 11.1 Å². The summed E-state index contributed by atoms with van der Waals surface area (Å²) in [5, 5.41) is 3.15.